The molecule has 7 nitrogen and oxygen atoms in total. The highest BCUT2D eigenvalue weighted by Gasteiger charge is 2.54. The summed E-state index contributed by atoms with van der Waals surface area (Å²) in [4.78, 5) is 39.0. The Morgan fingerprint density at radius 2 is 2.03 bits per heavy atom. The standard InChI is InChI=1S/C22H22ClN3O4/c23-16-7-3-8-17(13-16)30-12-11-24-19(27)14-26-20(28)22(25-21(26)29)10-4-6-15-5-1-2-9-18(15)22/h1-3,5,7-9,13H,4,6,10-12,14H2,(H,24,27)(H,25,29)/t22-/m0/s1. The fourth-order valence-corrected chi connectivity index (χ4v) is 4.25. The molecule has 0 bridgehead atoms. The van der Waals surface area contributed by atoms with Gasteiger partial charge in [0.1, 0.15) is 24.4 Å². The molecule has 156 valence electrons. The molecule has 1 aliphatic heterocycles. The summed E-state index contributed by atoms with van der Waals surface area (Å²) in [5.41, 5.74) is 0.816. The van der Waals surface area contributed by atoms with Crippen LogP contribution in [-0.2, 0) is 21.5 Å². The number of ether oxygens (including phenoxy) is 1. The molecule has 1 fully saturated rings. The van der Waals surface area contributed by atoms with Crippen LogP contribution < -0.4 is 15.4 Å². The molecule has 1 spiro atoms. The number of carbonyl (C=O) groups is 3. The van der Waals surface area contributed by atoms with Crippen LogP contribution in [0.5, 0.6) is 5.75 Å². The van der Waals surface area contributed by atoms with Crippen LogP contribution in [0.3, 0.4) is 0 Å². The van der Waals surface area contributed by atoms with E-state index in [1.54, 1.807) is 24.3 Å². The number of hydrogen-bond donors (Lipinski definition) is 2. The van der Waals surface area contributed by atoms with Crippen molar-refractivity contribution < 1.29 is 19.1 Å². The van der Waals surface area contributed by atoms with Gasteiger partial charge in [-0.25, -0.2) is 4.79 Å². The molecule has 1 aliphatic carbocycles. The summed E-state index contributed by atoms with van der Waals surface area (Å²) in [6, 6.07) is 14.1. The number of amides is 4. The summed E-state index contributed by atoms with van der Waals surface area (Å²) in [7, 11) is 0. The number of hydrogen-bond acceptors (Lipinski definition) is 4. The number of benzene rings is 2. The Hall–Kier alpha value is -3.06. The van der Waals surface area contributed by atoms with Gasteiger partial charge in [0.2, 0.25) is 5.91 Å². The van der Waals surface area contributed by atoms with E-state index in [1.165, 1.54) is 0 Å². The van der Waals surface area contributed by atoms with Crippen molar-refractivity contribution in [3.05, 3.63) is 64.7 Å². The molecule has 4 amide bonds. The second-order valence-electron chi connectivity index (χ2n) is 7.39. The highest BCUT2D eigenvalue weighted by atomic mass is 35.5. The van der Waals surface area contributed by atoms with Crippen LogP contribution in [0, 0.1) is 0 Å². The quantitative estimate of drug-likeness (QED) is 0.548. The summed E-state index contributed by atoms with van der Waals surface area (Å²) in [6.45, 7) is 0.151. The van der Waals surface area contributed by atoms with Gasteiger partial charge in [0.05, 0.1) is 6.54 Å². The molecule has 2 aliphatic rings. The lowest BCUT2D eigenvalue weighted by molar-refractivity contribution is -0.135. The molecule has 4 rings (SSSR count). The molecular formula is C22H22ClN3O4. The topological polar surface area (TPSA) is 87.7 Å². The van der Waals surface area contributed by atoms with Gasteiger partial charge in [-0.3, -0.25) is 14.5 Å². The summed E-state index contributed by atoms with van der Waals surface area (Å²) >= 11 is 5.90. The van der Waals surface area contributed by atoms with Gasteiger partial charge >= 0.3 is 6.03 Å². The highest BCUT2D eigenvalue weighted by Crippen LogP contribution is 2.39. The zero-order chi connectivity index (χ0) is 21.1. The molecule has 1 heterocycles. The monoisotopic (exact) mass is 427 g/mol. The van der Waals surface area contributed by atoms with E-state index < -0.39 is 17.5 Å². The molecule has 1 atom stereocenters. The fraction of sp³-hybridized carbons (Fsp3) is 0.318. The predicted octanol–water partition coefficient (Wildman–Crippen LogP) is 2.62. The van der Waals surface area contributed by atoms with Crippen molar-refractivity contribution in [2.45, 2.75) is 24.8 Å². The van der Waals surface area contributed by atoms with Crippen LogP contribution in [0.15, 0.2) is 48.5 Å². The van der Waals surface area contributed by atoms with Crippen LogP contribution >= 0.6 is 11.6 Å². The van der Waals surface area contributed by atoms with E-state index in [9.17, 15) is 14.4 Å². The molecule has 0 aromatic heterocycles. The zero-order valence-electron chi connectivity index (χ0n) is 16.3. The first-order valence-corrected chi connectivity index (χ1v) is 10.2. The maximum atomic E-state index is 13.2. The Bertz CT molecular complexity index is 996. The smallest absolute Gasteiger partial charge is 0.325 e. The van der Waals surface area contributed by atoms with Gasteiger partial charge in [-0.1, -0.05) is 41.9 Å². The third kappa shape index (κ3) is 3.85. The number of rotatable bonds is 6. The maximum absolute atomic E-state index is 13.2. The van der Waals surface area contributed by atoms with Crippen LogP contribution in [-0.4, -0.2) is 42.4 Å². The molecular weight excluding hydrogens is 406 g/mol. The third-order valence-corrected chi connectivity index (χ3v) is 5.68. The second kappa shape index (κ2) is 8.36. The van der Waals surface area contributed by atoms with Crippen molar-refractivity contribution in [3.8, 4) is 5.75 Å². The van der Waals surface area contributed by atoms with E-state index in [1.807, 2.05) is 24.3 Å². The van der Waals surface area contributed by atoms with Crippen molar-refractivity contribution >= 4 is 29.4 Å². The molecule has 0 radical (unpaired) electrons. The van der Waals surface area contributed by atoms with E-state index in [4.69, 9.17) is 16.3 Å². The largest absolute Gasteiger partial charge is 0.492 e. The summed E-state index contributed by atoms with van der Waals surface area (Å²) in [5, 5.41) is 6.08. The lowest BCUT2D eigenvalue weighted by Crippen LogP contribution is -2.47. The summed E-state index contributed by atoms with van der Waals surface area (Å²) in [6.07, 6.45) is 2.19. The van der Waals surface area contributed by atoms with E-state index in [0.717, 1.165) is 28.9 Å². The van der Waals surface area contributed by atoms with Crippen LogP contribution in [0.25, 0.3) is 0 Å². The number of fused-ring (bicyclic) bond motifs is 2. The Kier molecular flexibility index (Phi) is 5.63. The first kappa shape index (κ1) is 20.2. The Labute approximate surface area is 179 Å². The number of nitrogens with zero attached hydrogens (tertiary/aromatic N) is 1. The predicted molar refractivity (Wildman–Crippen MR) is 111 cm³/mol. The molecule has 2 N–H and O–H groups in total. The molecule has 0 saturated carbocycles. The van der Waals surface area contributed by atoms with Crippen LogP contribution in [0.4, 0.5) is 4.79 Å². The first-order chi connectivity index (χ1) is 14.5. The van der Waals surface area contributed by atoms with Gasteiger partial charge in [-0.15, -0.1) is 0 Å². The Morgan fingerprint density at radius 1 is 1.20 bits per heavy atom. The van der Waals surface area contributed by atoms with Crippen molar-refractivity contribution in [2.75, 3.05) is 19.7 Å². The van der Waals surface area contributed by atoms with Gasteiger partial charge in [0.25, 0.3) is 5.91 Å². The Balaban J connectivity index is 1.34. The number of imide groups is 1. The fourth-order valence-electron chi connectivity index (χ4n) is 4.07. The number of aryl methyl sites for hydroxylation is 1. The SMILES string of the molecule is O=C(CN1C(=O)N[C@]2(CCCc3ccccc32)C1=O)NCCOc1cccc(Cl)c1. The molecule has 2 aromatic carbocycles. The zero-order valence-corrected chi connectivity index (χ0v) is 17.1. The van der Waals surface area contributed by atoms with Gasteiger partial charge in [0, 0.05) is 5.02 Å². The minimum Gasteiger partial charge on any atom is -0.492 e. The Morgan fingerprint density at radius 3 is 2.87 bits per heavy atom. The number of halogens is 1. The van der Waals surface area contributed by atoms with E-state index in [0.29, 0.717) is 17.2 Å². The summed E-state index contributed by atoms with van der Waals surface area (Å²) in [5.74, 6) is -0.192. The molecule has 8 heteroatoms. The van der Waals surface area contributed by atoms with Crippen LogP contribution in [0.1, 0.15) is 24.0 Å². The van der Waals surface area contributed by atoms with Crippen molar-refractivity contribution in [2.24, 2.45) is 0 Å². The lowest BCUT2D eigenvalue weighted by Gasteiger charge is -2.33. The van der Waals surface area contributed by atoms with Gasteiger partial charge in [-0.2, -0.15) is 0 Å². The molecule has 2 aromatic rings. The molecule has 0 unspecified atom stereocenters. The molecule has 30 heavy (non-hydrogen) atoms. The number of urea groups is 1. The van der Waals surface area contributed by atoms with Crippen LogP contribution in [0.2, 0.25) is 5.02 Å². The van der Waals surface area contributed by atoms with Gasteiger partial charge in [0.15, 0.2) is 0 Å². The minimum atomic E-state index is -1.07. The number of carbonyl (C=O) groups excluding carboxylic acids is 3. The van der Waals surface area contributed by atoms with Crippen molar-refractivity contribution in [1.82, 2.24) is 15.5 Å². The maximum Gasteiger partial charge on any atom is 0.325 e. The average Bonchev–Trinajstić information content (AvgIpc) is 2.96. The number of nitrogens with one attached hydrogen (secondary N) is 2. The lowest BCUT2D eigenvalue weighted by atomic mass is 9.76. The third-order valence-electron chi connectivity index (χ3n) is 5.44. The molecule has 1 saturated heterocycles. The normalized spacial score (nSPS) is 20.1. The average molecular weight is 428 g/mol. The van der Waals surface area contributed by atoms with E-state index in [2.05, 4.69) is 10.6 Å². The van der Waals surface area contributed by atoms with Crippen molar-refractivity contribution in [3.63, 3.8) is 0 Å². The van der Waals surface area contributed by atoms with Gasteiger partial charge in [-0.05, 0) is 48.6 Å². The second-order valence-corrected chi connectivity index (χ2v) is 7.83. The van der Waals surface area contributed by atoms with E-state index in [-0.39, 0.29) is 25.6 Å². The first-order valence-electron chi connectivity index (χ1n) is 9.87. The highest BCUT2D eigenvalue weighted by molar-refractivity contribution is 6.30. The minimum absolute atomic E-state index is 0.239. The van der Waals surface area contributed by atoms with Crippen molar-refractivity contribution in [1.29, 1.82) is 0 Å². The van der Waals surface area contributed by atoms with E-state index >= 15 is 0 Å². The summed E-state index contributed by atoms with van der Waals surface area (Å²) < 4.78 is 5.52. The van der Waals surface area contributed by atoms with Gasteiger partial charge < -0.3 is 15.4 Å².